The first-order valence-electron chi connectivity index (χ1n) is 11.4. The van der Waals surface area contributed by atoms with Crippen LogP contribution >= 0.6 is 0 Å². The molecular formula is C25H34N2O4S. The van der Waals surface area contributed by atoms with Crippen molar-refractivity contribution in [3.63, 3.8) is 0 Å². The Kier molecular flexibility index (Phi) is 8.70. The molecule has 2 aromatic carbocycles. The van der Waals surface area contributed by atoms with E-state index in [-0.39, 0.29) is 23.6 Å². The van der Waals surface area contributed by atoms with E-state index in [4.69, 9.17) is 4.74 Å². The fraction of sp³-hybridized carbons (Fsp3) is 0.480. The first kappa shape index (κ1) is 24.3. The monoisotopic (exact) mass is 458 g/mol. The third kappa shape index (κ3) is 6.56. The number of carbonyl (C=O) groups is 1. The fourth-order valence-electron chi connectivity index (χ4n) is 4.18. The van der Waals surface area contributed by atoms with Crippen molar-refractivity contribution >= 4 is 15.9 Å². The summed E-state index contributed by atoms with van der Waals surface area (Å²) in [6.07, 6.45) is 3.26. The summed E-state index contributed by atoms with van der Waals surface area (Å²) < 4.78 is 32.2. The van der Waals surface area contributed by atoms with Gasteiger partial charge in [-0.2, -0.15) is 0 Å². The van der Waals surface area contributed by atoms with E-state index in [0.717, 1.165) is 29.7 Å². The zero-order chi connectivity index (χ0) is 23.0. The lowest BCUT2D eigenvalue weighted by Gasteiger charge is -2.31. The lowest BCUT2D eigenvalue weighted by atomic mass is 9.95. The number of hydrogen-bond donors (Lipinski definition) is 1. The van der Waals surface area contributed by atoms with Crippen molar-refractivity contribution < 1.29 is 17.9 Å². The van der Waals surface area contributed by atoms with Gasteiger partial charge in [-0.25, -0.2) is 12.7 Å². The van der Waals surface area contributed by atoms with Gasteiger partial charge in [0.15, 0.2) is 0 Å². The van der Waals surface area contributed by atoms with Crippen molar-refractivity contribution in [2.24, 2.45) is 5.92 Å². The van der Waals surface area contributed by atoms with Gasteiger partial charge < -0.3 is 10.1 Å². The van der Waals surface area contributed by atoms with E-state index in [1.165, 1.54) is 0 Å². The molecular weight excluding hydrogens is 424 g/mol. The molecule has 1 N–H and O–H groups in total. The molecule has 1 aliphatic rings. The van der Waals surface area contributed by atoms with Crippen LogP contribution in [0, 0.1) is 5.92 Å². The summed E-state index contributed by atoms with van der Waals surface area (Å²) in [5.41, 5.74) is 2.19. The molecule has 1 amide bonds. The zero-order valence-electron chi connectivity index (χ0n) is 19.0. The van der Waals surface area contributed by atoms with Gasteiger partial charge in [0.05, 0.1) is 18.9 Å². The maximum Gasteiger partial charge on any atom is 0.223 e. The number of sulfonamides is 1. The maximum atomic E-state index is 12.8. The molecule has 0 bridgehead atoms. The molecule has 1 atom stereocenters. The van der Waals surface area contributed by atoms with Gasteiger partial charge in [0, 0.05) is 19.0 Å². The first-order chi connectivity index (χ1) is 15.4. The van der Waals surface area contributed by atoms with Crippen molar-refractivity contribution in [2.75, 3.05) is 26.0 Å². The molecule has 1 saturated heterocycles. The van der Waals surface area contributed by atoms with Gasteiger partial charge >= 0.3 is 0 Å². The Labute approximate surface area is 192 Å². The number of nitrogens with zero attached hydrogens (tertiary/aromatic N) is 1. The number of rotatable bonds is 10. The summed E-state index contributed by atoms with van der Waals surface area (Å²) in [5, 5.41) is 3.15. The lowest BCUT2D eigenvalue weighted by Crippen LogP contribution is -2.44. The van der Waals surface area contributed by atoms with Gasteiger partial charge in [-0.15, -0.1) is 0 Å². The van der Waals surface area contributed by atoms with Gasteiger partial charge in [-0.05, 0) is 55.4 Å². The average molecular weight is 459 g/mol. The van der Waals surface area contributed by atoms with Crippen LogP contribution in [0.1, 0.15) is 49.8 Å². The first-order valence-corrected chi connectivity index (χ1v) is 13.0. The fourth-order valence-corrected chi connectivity index (χ4v) is 5.71. The van der Waals surface area contributed by atoms with Crippen LogP contribution in [-0.4, -0.2) is 44.6 Å². The highest BCUT2D eigenvalue weighted by Crippen LogP contribution is 2.24. The van der Waals surface area contributed by atoms with Crippen LogP contribution in [0.25, 0.3) is 0 Å². The molecule has 0 aliphatic carbocycles. The van der Waals surface area contributed by atoms with Crippen LogP contribution in [0.2, 0.25) is 0 Å². The molecule has 0 saturated carbocycles. The molecule has 7 heteroatoms. The van der Waals surface area contributed by atoms with E-state index >= 15 is 0 Å². The molecule has 3 rings (SSSR count). The van der Waals surface area contributed by atoms with Crippen molar-refractivity contribution in [1.82, 2.24) is 9.62 Å². The van der Waals surface area contributed by atoms with Crippen LogP contribution in [0.15, 0.2) is 54.6 Å². The number of nitrogens with one attached hydrogen (secondary N) is 1. The van der Waals surface area contributed by atoms with Crippen molar-refractivity contribution in [3.05, 3.63) is 65.7 Å². The Balaban J connectivity index is 1.47. The lowest BCUT2D eigenvalue weighted by molar-refractivity contribution is -0.126. The number of ether oxygens (including phenoxy) is 1. The molecule has 0 spiro atoms. The number of benzene rings is 2. The number of hydrogen-bond acceptors (Lipinski definition) is 4. The molecule has 6 nitrogen and oxygen atoms in total. The highest BCUT2D eigenvalue weighted by molar-refractivity contribution is 7.89. The number of methoxy groups -OCH3 is 1. The topological polar surface area (TPSA) is 75.7 Å². The second-order valence-corrected chi connectivity index (χ2v) is 10.4. The number of carbonyl (C=O) groups excluding carboxylic acids is 1. The number of piperidine rings is 1. The predicted molar refractivity (Wildman–Crippen MR) is 127 cm³/mol. The van der Waals surface area contributed by atoms with Crippen molar-refractivity contribution in [1.29, 1.82) is 0 Å². The Morgan fingerprint density at radius 1 is 1.09 bits per heavy atom. The minimum atomic E-state index is -3.29. The van der Waals surface area contributed by atoms with Gasteiger partial charge in [-0.1, -0.05) is 49.4 Å². The zero-order valence-corrected chi connectivity index (χ0v) is 19.8. The van der Waals surface area contributed by atoms with E-state index < -0.39 is 10.0 Å². The Hall–Kier alpha value is -2.38. The Morgan fingerprint density at radius 2 is 1.75 bits per heavy atom. The average Bonchev–Trinajstić information content (AvgIpc) is 2.83. The van der Waals surface area contributed by atoms with Crippen molar-refractivity contribution in [2.45, 2.75) is 45.1 Å². The highest BCUT2D eigenvalue weighted by Gasteiger charge is 2.31. The summed E-state index contributed by atoms with van der Waals surface area (Å²) in [7, 11) is -1.66. The van der Waals surface area contributed by atoms with Crippen LogP contribution in [0.4, 0.5) is 0 Å². The summed E-state index contributed by atoms with van der Waals surface area (Å²) in [4.78, 5) is 12.8. The van der Waals surface area contributed by atoms with Crippen LogP contribution in [-0.2, 0) is 21.2 Å². The van der Waals surface area contributed by atoms with Gasteiger partial charge in [0.1, 0.15) is 5.75 Å². The number of amides is 1. The third-order valence-electron chi connectivity index (χ3n) is 6.17. The van der Waals surface area contributed by atoms with Crippen LogP contribution < -0.4 is 10.1 Å². The van der Waals surface area contributed by atoms with E-state index in [1.54, 1.807) is 11.4 Å². The van der Waals surface area contributed by atoms with Crippen LogP contribution in [0.3, 0.4) is 0 Å². The molecule has 174 valence electrons. The van der Waals surface area contributed by atoms with Gasteiger partial charge in [-0.3, -0.25) is 4.79 Å². The van der Waals surface area contributed by atoms with E-state index in [1.807, 2.05) is 61.5 Å². The van der Waals surface area contributed by atoms with Crippen LogP contribution in [0.5, 0.6) is 5.75 Å². The molecule has 1 fully saturated rings. The van der Waals surface area contributed by atoms with Gasteiger partial charge in [0.25, 0.3) is 0 Å². The normalized spacial score (nSPS) is 16.4. The quantitative estimate of drug-likeness (QED) is 0.585. The molecule has 0 unspecified atom stereocenters. The highest BCUT2D eigenvalue weighted by atomic mass is 32.2. The molecule has 1 aliphatic heterocycles. The predicted octanol–water partition coefficient (Wildman–Crippen LogP) is 3.94. The minimum absolute atomic E-state index is 0.00814. The molecule has 0 aromatic heterocycles. The Bertz CT molecular complexity index is 953. The molecule has 2 aromatic rings. The van der Waals surface area contributed by atoms with Gasteiger partial charge in [0.2, 0.25) is 15.9 Å². The number of aryl methyl sites for hydroxylation is 1. The van der Waals surface area contributed by atoms with E-state index in [0.29, 0.717) is 32.4 Å². The standard InChI is InChI=1S/C25H34N2O4S/c1-3-24(21-11-13-23(31-2)14-12-21)26-25(28)22-15-17-27(18-16-22)32(29,30)19-7-10-20-8-5-4-6-9-20/h4-6,8-9,11-14,22,24H,3,7,10,15-19H2,1-2H3,(H,26,28)/t24-/m0/s1. The summed E-state index contributed by atoms with van der Waals surface area (Å²) in [6.45, 7) is 2.86. The maximum absolute atomic E-state index is 12.8. The van der Waals surface area contributed by atoms with Crippen molar-refractivity contribution in [3.8, 4) is 5.75 Å². The molecule has 32 heavy (non-hydrogen) atoms. The summed E-state index contributed by atoms with van der Waals surface area (Å²) >= 11 is 0. The second kappa shape index (κ2) is 11.5. The molecule has 1 heterocycles. The summed E-state index contributed by atoms with van der Waals surface area (Å²) in [5.74, 6) is 0.785. The smallest absolute Gasteiger partial charge is 0.223 e. The largest absolute Gasteiger partial charge is 0.497 e. The second-order valence-electron chi connectivity index (χ2n) is 8.32. The Morgan fingerprint density at radius 3 is 2.34 bits per heavy atom. The SMILES string of the molecule is CC[C@H](NC(=O)C1CCN(S(=O)(=O)CCCc2ccccc2)CC1)c1ccc(OC)cc1. The third-order valence-corrected chi connectivity index (χ3v) is 8.13. The minimum Gasteiger partial charge on any atom is -0.497 e. The molecule has 0 radical (unpaired) electrons. The van der Waals surface area contributed by atoms with E-state index in [2.05, 4.69) is 5.32 Å². The summed E-state index contributed by atoms with van der Waals surface area (Å²) in [6, 6.07) is 17.6. The van der Waals surface area contributed by atoms with E-state index in [9.17, 15) is 13.2 Å².